The highest BCUT2D eigenvalue weighted by Gasteiger charge is 2.56. The van der Waals surface area contributed by atoms with Gasteiger partial charge in [0.25, 0.3) is 0 Å². The van der Waals surface area contributed by atoms with E-state index in [-0.39, 0.29) is 102 Å². The van der Waals surface area contributed by atoms with Gasteiger partial charge in [0, 0.05) is 91.6 Å². The minimum absolute atomic E-state index is 0.0146. The molecule has 11 amide bonds. The number of carbonyl (C=O) groups excluding carboxylic acids is 10. The predicted molar refractivity (Wildman–Crippen MR) is 341 cm³/mol. The van der Waals surface area contributed by atoms with Gasteiger partial charge in [0.05, 0.1) is 24.3 Å². The summed E-state index contributed by atoms with van der Waals surface area (Å²) in [6.07, 6.45) is 0.0473. The summed E-state index contributed by atoms with van der Waals surface area (Å²) in [5.74, 6) is -1.30. The molecule has 92 heavy (non-hydrogen) atoms. The second kappa shape index (κ2) is 35.7. The summed E-state index contributed by atoms with van der Waals surface area (Å²) in [5.41, 5.74) is 5.88. The number of ether oxygens (including phenoxy) is 5. The summed E-state index contributed by atoms with van der Waals surface area (Å²) in [6, 6.07) is 16.1. The molecule has 5 aliphatic rings. The number of hydrogen-bond donors (Lipinski definition) is 5. The van der Waals surface area contributed by atoms with Gasteiger partial charge in [-0.05, 0) is 91.2 Å². The standard InChI is InChI=1S/C33H42N6O8.C26H43N7O7.C5H12/c1-33(2,3)47-32(44)39-19-17-38(18-20-39)28(41)26-25(27(40)35-26)15-10-16-34-29(36-30(42)45-21-23-11-6-4-7-12-23)37-31(43)46-22-24-13-8-5-9-14-24;1-6-39-24(37)31-16-12-30(13-17-31)23(36)33-20(19(21(33)34)8-7-9-28-18(2)27)22(35)29-10-14-32(15-11-29)25(38)40-26(3,4)5;1-4-5(2)3/h4-9,11-14,25-26H,10,15-22H2,1-3H3,(H,35,40)(H2,34,36,37,42,43);19-20,28H,2,6-17,27H2,1,3-5H3;5H,4H2,1-3H3/t25-,26?;19-,20?;/m11./s1. The number of urea groups is 1. The van der Waals surface area contributed by atoms with Crippen molar-refractivity contribution in [2.45, 2.75) is 138 Å². The Kier molecular flexibility index (Phi) is 28.6. The molecule has 4 atom stereocenters. The second-order valence-corrected chi connectivity index (χ2v) is 25.0. The number of piperazine rings is 3. The van der Waals surface area contributed by atoms with Crippen LogP contribution in [0.2, 0.25) is 0 Å². The Morgan fingerprint density at radius 3 is 1.46 bits per heavy atom. The van der Waals surface area contributed by atoms with Crippen LogP contribution >= 0.6 is 0 Å². The first-order valence-corrected chi connectivity index (χ1v) is 31.6. The summed E-state index contributed by atoms with van der Waals surface area (Å²) < 4.78 is 26.4. The quantitative estimate of drug-likeness (QED) is 0.0410. The van der Waals surface area contributed by atoms with Crippen LogP contribution in [0.5, 0.6) is 0 Å². The van der Waals surface area contributed by atoms with E-state index < -0.39 is 77.5 Å². The number of hydrogen-bond acceptors (Lipinski definition) is 18. The van der Waals surface area contributed by atoms with Crippen LogP contribution in [-0.4, -0.2) is 222 Å². The highest BCUT2D eigenvalue weighted by molar-refractivity contribution is 6.09. The van der Waals surface area contributed by atoms with Crippen molar-refractivity contribution < 1.29 is 71.6 Å². The van der Waals surface area contributed by atoms with Crippen LogP contribution in [0.15, 0.2) is 78.1 Å². The Morgan fingerprint density at radius 1 is 0.609 bits per heavy atom. The minimum Gasteiger partial charge on any atom is -0.450 e. The molecule has 7 rings (SSSR count). The SMILES string of the molecule is C=C(N)NCCC[C@H]1C(=O)N(C(=O)N2CCN(C(=O)OCC)CC2)C1C(=O)N1CCN(C(=O)OC(C)(C)C)CC1.CC(C)(C)OC(=O)N1CCN(C(=O)C2NC(=O)[C@@H]2CCCN=C(NC(=O)OCc2ccccc2)NC(=O)OCc2ccccc2)CC1.CCC(C)C. The maximum absolute atomic E-state index is 13.7. The molecule has 0 aliphatic carbocycles. The summed E-state index contributed by atoms with van der Waals surface area (Å²) in [6.45, 7) is 27.1. The summed E-state index contributed by atoms with van der Waals surface area (Å²) in [5, 5.41) is 10.5. The van der Waals surface area contributed by atoms with Crippen molar-refractivity contribution in [1.82, 2.24) is 55.6 Å². The fourth-order valence-corrected chi connectivity index (χ4v) is 9.87. The number of alkyl carbamates (subject to hydrolysis) is 2. The lowest BCUT2D eigenvalue weighted by atomic mass is 9.82. The van der Waals surface area contributed by atoms with Gasteiger partial charge in [-0.15, -0.1) is 0 Å². The first kappa shape index (κ1) is 73.9. The molecule has 28 nitrogen and oxygen atoms in total. The largest absolute Gasteiger partial charge is 0.450 e. The zero-order valence-corrected chi connectivity index (χ0v) is 55.2. The second-order valence-electron chi connectivity index (χ2n) is 25.0. The zero-order chi connectivity index (χ0) is 67.7. The lowest BCUT2D eigenvalue weighted by molar-refractivity contribution is -0.164. The molecular formula is C64H97N13O15. The molecule has 5 saturated heterocycles. The Balaban J connectivity index is 0.000000314. The van der Waals surface area contributed by atoms with Crippen molar-refractivity contribution in [2.75, 3.05) is 98.2 Å². The number of carbonyl (C=O) groups is 10. The van der Waals surface area contributed by atoms with Crippen molar-refractivity contribution in [2.24, 2.45) is 28.5 Å². The van der Waals surface area contributed by atoms with Gasteiger partial charge < -0.3 is 69.5 Å². The topological polar surface area (TPSA) is 326 Å². The molecule has 2 aromatic carbocycles. The molecule has 5 heterocycles. The molecule has 0 spiro atoms. The highest BCUT2D eigenvalue weighted by atomic mass is 16.6. The summed E-state index contributed by atoms with van der Waals surface area (Å²) >= 11 is 0. The van der Waals surface area contributed by atoms with Crippen LogP contribution in [0.3, 0.4) is 0 Å². The van der Waals surface area contributed by atoms with Crippen LogP contribution < -0.4 is 27.0 Å². The molecule has 0 bridgehead atoms. The van der Waals surface area contributed by atoms with Gasteiger partial charge in [-0.3, -0.25) is 39.7 Å². The normalized spacial score (nSPS) is 18.8. The maximum atomic E-state index is 13.7. The summed E-state index contributed by atoms with van der Waals surface area (Å²) in [7, 11) is 0. The average Bonchev–Trinajstić information content (AvgIpc) is 0.746. The molecule has 508 valence electrons. The van der Waals surface area contributed by atoms with Gasteiger partial charge in [0.2, 0.25) is 29.6 Å². The molecular weight excluding hydrogens is 1190 g/mol. The van der Waals surface area contributed by atoms with Crippen LogP contribution in [0.1, 0.15) is 112 Å². The van der Waals surface area contributed by atoms with E-state index in [0.29, 0.717) is 64.2 Å². The van der Waals surface area contributed by atoms with E-state index in [4.69, 9.17) is 29.4 Å². The van der Waals surface area contributed by atoms with E-state index in [1.807, 2.05) is 36.4 Å². The Bertz CT molecular complexity index is 2780. The Hall–Kier alpha value is -8.85. The molecule has 2 aromatic rings. The highest BCUT2D eigenvalue weighted by Crippen LogP contribution is 2.34. The van der Waals surface area contributed by atoms with Crippen LogP contribution in [-0.2, 0) is 56.1 Å². The van der Waals surface area contributed by atoms with Gasteiger partial charge in [-0.2, -0.15) is 0 Å². The fourth-order valence-electron chi connectivity index (χ4n) is 9.87. The number of amides is 11. The van der Waals surface area contributed by atoms with E-state index in [9.17, 15) is 47.9 Å². The van der Waals surface area contributed by atoms with E-state index >= 15 is 0 Å². The van der Waals surface area contributed by atoms with Crippen molar-refractivity contribution in [3.8, 4) is 0 Å². The lowest BCUT2D eigenvalue weighted by Crippen LogP contribution is -2.72. The molecule has 0 aromatic heterocycles. The van der Waals surface area contributed by atoms with E-state index in [0.717, 1.165) is 21.9 Å². The van der Waals surface area contributed by atoms with Crippen molar-refractivity contribution >= 4 is 66.1 Å². The van der Waals surface area contributed by atoms with E-state index in [2.05, 4.69) is 53.6 Å². The van der Waals surface area contributed by atoms with E-state index in [1.54, 1.807) is 92.3 Å². The number of β-lactam (4-membered cyclic amide) rings is 2. The first-order valence-electron chi connectivity index (χ1n) is 31.6. The van der Waals surface area contributed by atoms with Crippen LogP contribution in [0.25, 0.3) is 0 Å². The summed E-state index contributed by atoms with van der Waals surface area (Å²) in [4.78, 5) is 142. The molecule has 5 aliphatic heterocycles. The molecule has 5 fully saturated rings. The number of nitrogens with one attached hydrogen (secondary N) is 4. The number of aliphatic imine (C=N–C) groups is 1. The van der Waals surface area contributed by atoms with Gasteiger partial charge in [-0.25, -0.2) is 28.8 Å². The van der Waals surface area contributed by atoms with Gasteiger partial charge in [0.15, 0.2) is 0 Å². The van der Waals surface area contributed by atoms with Crippen molar-refractivity contribution in [3.63, 3.8) is 0 Å². The Morgan fingerprint density at radius 2 is 1.03 bits per heavy atom. The predicted octanol–water partition coefficient (Wildman–Crippen LogP) is 5.81. The third-order valence-electron chi connectivity index (χ3n) is 15.2. The van der Waals surface area contributed by atoms with Gasteiger partial charge in [0.1, 0.15) is 36.5 Å². The average molecular weight is 1290 g/mol. The zero-order valence-electron chi connectivity index (χ0n) is 55.2. The lowest BCUT2D eigenvalue weighted by Gasteiger charge is -2.49. The molecule has 0 radical (unpaired) electrons. The number of benzene rings is 2. The molecule has 0 saturated carbocycles. The first-order chi connectivity index (χ1) is 43.6. The number of rotatable bonds is 17. The van der Waals surface area contributed by atoms with Gasteiger partial charge >= 0.3 is 36.5 Å². The van der Waals surface area contributed by atoms with Crippen molar-refractivity contribution in [3.05, 3.63) is 84.2 Å². The fraction of sp³-hybridized carbons (Fsp3) is 0.609. The number of likely N-dealkylation sites (tertiary alicyclic amines) is 1. The monoisotopic (exact) mass is 1290 g/mol. The molecule has 2 unspecified atom stereocenters. The number of nitrogens with zero attached hydrogens (tertiary/aromatic N) is 8. The van der Waals surface area contributed by atoms with E-state index in [1.165, 1.54) is 16.2 Å². The van der Waals surface area contributed by atoms with Crippen LogP contribution in [0.4, 0.5) is 28.8 Å². The van der Waals surface area contributed by atoms with Crippen molar-refractivity contribution in [1.29, 1.82) is 0 Å². The smallest absolute Gasteiger partial charge is 0.414 e. The number of imide groups is 1. The number of nitrogens with two attached hydrogens (primary N) is 1. The molecule has 6 N–H and O–H groups in total. The third kappa shape index (κ3) is 23.8. The van der Waals surface area contributed by atoms with Crippen LogP contribution in [0, 0.1) is 17.8 Å². The number of guanidine groups is 1. The molecule has 28 heteroatoms. The minimum atomic E-state index is -0.933. The third-order valence-corrected chi connectivity index (χ3v) is 15.2. The Labute approximate surface area is 540 Å². The van der Waals surface area contributed by atoms with Gasteiger partial charge in [-0.1, -0.05) is 94.4 Å². The maximum Gasteiger partial charge on any atom is 0.414 e.